The number of anilines is 1. The Morgan fingerprint density at radius 1 is 0.837 bits per heavy atom. The van der Waals surface area contributed by atoms with Crippen LogP contribution in [-0.4, -0.2) is 67.1 Å². The van der Waals surface area contributed by atoms with Crippen molar-refractivity contribution in [2.75, 3.05) is 51.8 Å². The molecule has 0 bridgehead atoms. The second-order valence-corrected chi connectivity index (χ2v) is 11.7. The highest BCUT2D eigenvalue weighted by Gasteiger charge is 2.34. The number of nitrogens with zero attached hydrogens (tertiary/aromatic N) is 3. The Morgan fingerprint density at radius 2 is 1.57 bits per heavy atom. The molecule has 0 aliphatic carbocycles. The molecule has 2 heterocycles. The lowest BCUT2D eigenvalue weighted by Crippen LogP contribution is -2.45. The number of halogens is 4. The van der Waals surface area contributed by atoms with E-state index in [-0.39, 0.29) is 36.4 Å². The summed E-state index contributed by atoms with van der Waals surface area (Å²) in [7, 11) is 1.58. The summed E-state index contributed by atoms with van der Waals surface area (Å²) < 4.78 is 74.2. The molecule has 0 unspecified atom stereocenters. The summed E-state index contributed by atoms with van der Waals surface area (Å²) in [5.74, 6) is 0.499. The van der Waals surface area contributed by atoms with Crippen molar-refractivity contribution in [3.8, 4) is 28.4 Å². The number of rotatable bonds is 13. The van der Waals surface area contributed by atoms with Crippen LogP contribution in [0.3, 0.4) is 0 Å². The minimum Gasteiger partial charge on any atom is -0.497 e. The summed E-state index contributed by atoms with van der Waals surface area (Å²) in [5.41, 5.74) is 1.38. The van der Waals surface area contributed by atoms with Crippen molar-refractivity contribution in [2.24, 2.45) is 0 Å². The van der Waals surface area contributed by atoms with Crippen molar-refractivity contribution in [3.05, 3.63) is 101 Å². The third kappa shape index (κ3) is 9.48. The highest BCUT2D eigenvalue weighted by molar-refractivity contribution is 5.92. The van der Waals surface area contributed by atoms with Crippen LogP contribution in [0.2, 0.25) is 0 Å². The number of pyridine rings is 1. The monoisotopic (exact) mass is 680 g/mol. The van der Waals surface area contributed by atoms with Crippen LogP contribution in [0.5, 0.6) is 17.2 Å². The molecular formula is C37H40F4N4O4. The van der Waals surface area contributed by atoms with E-state index in [9.17, 15) is 18.0 Å². The predicted octanol–water partition coefficient (Wildman–Crippen LogP) is 7.21. The standard InChI is InChI=1S/C37H40F4N4O4/c1-4-44-12-14-45(15-13-44)23-27-8-10-30(19-33(27)37(39,40)41)43-36(46)18-26-7-6-25(17-34(26)38)29-16-32(22-42-21-29)49-24-28-9-11-31(47-3)20-35(28)48-5-2/h6-11,16-17,19-22H,4-5,12-15,18,23-24H2,1-3H3,(H,43,46). The summed E-state index contributed by atoms with van der Waals surface area (Å²) in [6.07, 6.45) is -1.84. The number of carbonyl (C=O) groups is 1. The number of likely N-dealkylation sites (N-methyl/N-ethyl adjacent to an activating group) is 1. The second-order valence-electron chi connectivity index (χ2n) is 11.7. The Balaban J connectivity index is 1.22. The summed E-state index contributed by atoms with van der Waals surface area (Å²) in [5, 5.41) is 2.51. The molecule has 1 N–H and O–H groups in total. The molecular weight excluding hydrogens is 640 g/mol. The second kappa shape index (κ2) is 16.1. The molecule has 260 valence electrons. The fourth-order valence-electron chi connectivity index (χ4n) is 5.70. The number of benzene rings is 3. The van der Waals surface area contributed by atoms with Crippen LogP contribution in [0, 0.1) is 5.82 Å². The van der Waals surface area contributed by atoms with Crippen LogP contribution in [0.15, 0.2) is 73.1 Å². The van der Waals surface area contributed by atoms with Crippen LogP contribution >= 0.6 is 0 Å². The zero-order chi connectivity index (χ0) is 35.0. The van der Waals surface area contributed by atoms with Crippen LogP contribution < -0.4 is 19.5 Å². The van der Waals surface area contributed by atoms with Gasteiger partial charge in [0.1, 0.15) is 29.7 Å². The highest BCUT2D eigenvalue weighted by Crippen LogP contribution is 2.35. The van der Waals surface area contributed by atoms with Crippen LogP contribution in [0.25, 0.3) is 11.1 Å². The van der Waals surface area contributed by atoms with Crippen molar-refractivity contribution in [1.29, 1.82) is 0 Å². The quantitative estimate of drug-likeness (QED) is 0.150. The number of piperazine rings is 1. The van der Waals surface area contributed by atoms with Gasteiger partial charge in [0.25, 0.3) is 0 Å². The van der Waals surface area contributed by atoms with Gasteiger partial charge in [0.05, 0.1) is 31.9 Å². The molecule has 1 fully saturated rings. The predicted molar refractivity (Wildman–Crippen MR) is 179 cm³/mol. The lowest BCUT2D eigenvalue weighted by atomic mass is 10.0. The van der Waals surface area contributed by atoms with Gasteiger partial charge in [-0.2, -0.15) is 13.2 Å². The summed E-state index contributed by atoms with van der Waals surface area (Å²) in [6, 6.07) is 15.4. The number of alkyl halides is 3. The van der Waals surface area contributed by atoms with Gasteiger partial charge >= 0.3 is 6.18 Å². The van der Waals surface area contributed by atoms with Gasteiger partial charge in [-0.05, 0) is 66.6 Å². The maximum atomic E-state index is 15.2. The zero-order valence-electron chi connectivity index (χ0n) is 27.8. The van der Waals surface area contributed by atoms with Gasteiger partial charge in [-0.15, -0.1) is 0 Å². The first-order valence-electron chi connectivity index (χ1n) is 16.2. The van der Waals surface area contributed by atoms with Crippen molar-refractivity contribution in [3.63, 3.8) is 0 Å². The van der Waals surface area contributed by atoms with E-state index in [0.717, 1.165) is 31.3 Å². The number of carbonyl (C=O) groups excluding carboxylic acids is 1. The Labute approximate surface area is 283 Å². The molecule has 8 nitrogen and oxygen atoms in total. The molecule has 1 aliphatic rings. The largest absolute Gasteiger partial charge is 0.497 e. The number of aromatic nitrogens is 1. The number of hydrogen-bond donors (Lipinski definition) is 1. The first kappa shape index (κ1) is 35.6. The molecule has 1 saturated heterocycles. The third-order valence-electron chi connectivity index (χ3n) is 8.42. The molecule has 1 aliphatic heterocycles. The van der Waals surface area contributed by atoms with Gasteiger partial charge < -0.3 is 24.4 Å². The minimum absolute atomic E-state index is 0.000174. The van der Waals surface area contributed by atoms with E-state index in [1.54, 1.807) is 37.7 Å². The molecule has 3 aromatic carbocycles. The molecule has 5 rings (SSSR count). The molecule has 0 radical (unpaired) electrons. The lowest BCUT2D eigenvalue weighted by molar-refractivity contribution is -0.138. The van der Waals surface area contributed by atoms with Crippen molar-refractivity contribution < 1.29 is 36.6 Å². The summed E-state index contributed by atoms with van der Waals surface area (Å²) in [6.45, 7) is 8.69. The fraction of sp³-hybridized carbons (Fsp3) is 0.351. The van der Waals surface area contributed by atoms with Crippen LogP contribution in [0.4, 0.5) is 23.2 Å². The fourth-order valence-corrected chi connectivity index (χ4v) is 5.70. The zero-order valence-corrected chi connectivity index (χ0v) is 27.8. The van der Waals surface area contributed by atoms with E-state index in [4.69, 9.17) is 14.2 Å². The molecule has 1 aromatic heterocycles. The highest BCUT2D eigenvalue weighted by atomic mass is 19.4. The van der Waals surface area contributed by atoms with Crippen LogP contribution in [-0.2, 0) is 30.5 Å². The van der Waals surface area contributed by atoms with Crippen molar-refractivity contribution in [2.45, 2.75) is 39.6 Å². The molecule has 49 heavy (non-hydrogen) atoms. The van der Waals surface area contributed by atoms with Gasteiger partial charge in [0.2, 0.25) is 5.91 Å². The minimum atomic E-state index is -4.59. The normalized spacial score (nSPS) is 14.0. The number of ether oxygens (including phenoxy) is 3. The number of hydrogen-bond acceptors (Lipinski definition) is 7. The van der Waals surface area contributed by atoms with Gasteiger partial charge in [0, 0.05) is 61.8 Å². The lowest BCUT2D eigenvalue weighted by Gasteiger charge is -2.34. The maximum absolute atomic E-state index is 15.2. The summed E-state index contributed by atoms with van der Waals surface area (Å²) in [4.78, 5) is 21.3. The van der Waals surface area contributed by atoms with E-state index < -0.39 is 23.5 Å². The Hall–Kier alpha value is -4.68. The Kier molecular flexibility index (Phi) is 11.7. The molecule has 1 amide bonds. The summed E-state index contributed by atoms with van der Waals surface area (Å²) >= 11 is 0. The average molecular weight is 681 g/mol. The third-order valence-corrected chi connectivity index (χ3v) is 8.42. The number of amides is 1. The van der Waals surface area contributed by atoms with Gasteiger partial charge in [0.15, 0.2) is 0 Å². The van der Waals surface area contributed by atoms with Gasteiger partial charge in [-0.3, -0.25) is 14.7 Å². The average Bonchev–Trinajstić information content (AvgIpc) is 3.09. The van der Waals surface area contributed by atoms with Gasteiger partial charge in [-0.1, -0.05) is 25.1 Å². The van der Waals surface area contributed by atoms with Gasteiger partial charge in [-0.25, -0.2) is 4.39 Å². The molecule has 0 spiro atoms. The van der Waals surface area contributed by atoms with E-state index in [1.807, 2.05) is 24.0 Å². The maximum Gasteiger partial charge on any atom is 0.416 e. The molecule has 4 aromatic rings. The van der Waals surface area contributed by atoms with E-state index in [2.05, 4.69) is 22.1 Å². The van der Waals surface area contributed by atoms with Crippen LogP contribution in [0.1, 0.15) is 36.1 Å². The van der Waals surface area contributed by atoms with Crippen molar-refractivity contribution in [1.82, 2.24) is 14.8 Å². The molecule has 12 heteroatoms. The first-order valence-corrected chi connectivity index (χ1v) is 16.2. The van der Waals surface area contributed by atoms with E-state index in [0.29, 0.717) is 48.1 Å². The van der Waals surface area contributed by atoms with E-state index in [1.165, 1.54) is 24.3 Å². The SMILES string of the molecule is CCOc1cc(OC)ccc1COc1cncc(-c2ccc(CC(=O)Nc3ccc(CN4CCN(CC)CC4)c(C(F)(F)F)c3)c(F)c2)c1. The number of nitrogens with one attached hydrogen (secondary N) is 1. The Bertz CT molecular complexity index is 1740. The smallest absolute Gasteiger partial charge is 0.416 e. The van der Waals surface area contributed by atoms with Crippen molar-refractivity contribution >= 4 is 11.6 Å². The topological polar surface area (TPSA) is 76.2 Å². The molecule has 0 atom stereocenters. The molecule has 0 saturated carbocycles. The Morgan fingerprint density at radius 3 is 2.27 bits per heavy atom. The van der Waals surface area contributed by atoms with E-state index >= 15 is 4.39 Å². The first-order chi connectivity index (χ1) is 23.6. The number of methoxy groups -OCH3 is 1.